The zero-order valence-corrected chi connectivity index (χ0v) is 13.0. The third-order valence-corrected chi connectivity index (χ3v) is 4.23. The molecule has 18 heavy (non-hydrogen) atoms. The van der Waals surface area contributed by atoms with Gasteiger partial charge in [-0.2, -0.15) is 0 Å². The number of halogens is 2. The van der Waals surface area contributed by atoms with Crippen molar-refractivity contribution in [3.8, 4) is 5.75 Å². The molecule has 1 saturated heterocycles. The fourth-order valence-electron chi connectivity index (χ4n) is 2.02. The molecule has 4 nitrogen and oxygen atoms in total. The Labute approximate surface area is 122 Å². The number of anilines is 1. The Balaban J connectivity index is 2.36. The number of ether oxygens (including phenoxy) is 1. The van der Waals surface area contributed by atoms with Gasteiger partial charge in [0.25, 0.3) is 0 Å². The van der Waals surface area contributed by atoms with E-state index in [1.165, 1.54) is 0 Å². The van der Waals surface area contributed by atoms with Gasteiger partial charge in [0.1, 0.15) is 5.75 Å². The number of methoxy groups -OCH3 is 1. The van der Waals surface area contributed by atoms with Crippen molar-refractivity contribution in [2.24, 2.45) is 5.92 Å². The summed E-state index contributed by atoms with van der Waals surface area (Å²) in [5, 5.41) is 9.14. The summed E-state index contributed by atoms with van der Waals surface area (Å²) in [5.74, 6) is 0.714. The molecule has 1 fully saturated rings. The molecule has 1 aromatic carbocycles. The number of hydrogen-bond acceptors (Lipinski definition) is 3. The minimum absolute atomic E-state index is 0.0130. The first-order valence-electron chi connectivity index (χ1n) is 5.51. The standard InChI is InChI=1S/C12H13Br2NO3/c1-18-11-4-10(8(13)3-9(11)14)15-5-7(6-16)2-12(15)17/h3-4,7,16H,2,5-6H2,1H3. The summed E-state index contributed by atoms with van der Waals surface area (Å²) < 4.78 is 6.88. The molecule has 2 rings (SSSR count). The summed E-state index contributed by atoms with van der Waals surface area (Å²) in [4.78, 5) is 13.6. The summed E-state index contributed by atoms with van der Waals surface area (Å²) >= 11 is 6.84. The average Bonchev–Trinajstić information content (AvgIpc) is 2.71. The maximum Gasteiger partial charge on any atom is 0.227 e. The summed E-state index contributed by atoms with van der Waals surface area (Å²) in [7, 11) is 1.58. The van der Waals surface area contributed by atoms with Crippen LogP contribution < -0.4 is 9.64 Å². The number of nitrogens with zero attached hydrogens (tertiary/aromatic N) is 1. The molecule has 1 amide bonds. The van der Waals surface area contributed by atoms with E-state index < -0.39 is 0 Å². The number of benzene rings is 1. The fourth-order valence-corrected chi connectivity index (χ4v) is 3.39. The van der Waals surface area contributed by atoms with E-state index in [1.807, 2.05) is 12.1 Å². The van der Waals surface area contributed by atoms with E-state index in [0.29, 0.717) is 18.7 Å². The number of rotatable bonds is 3. The van der Waals surface area contributed by atoms with Crippen LogP contribution in [0.25, 0.3) is 0 Å². The summed E-state index contributed by atoms with van der Waals surface area (Å²) in [6, 6.07) is 3.67. The molecular formula is C12H13Br2NO3. The SMILES string of the molecule is COc1cc(N2CC(CO)CC2=O)c(Br)cc1Br. The van der Waals surface area contributed by atoms with E-state index in [0.717, 1.165) is 14.6 Å². The topological polar surface area (TPSA) is 49.8 Å². The van der Waals surface area contributed by atoms with Crippen molar-refractivity contribution in [3.63, 3.8) is 0 Å². The van der Waals surface area contributed by atoms with E-state index in [-0.39, 0.29) is 18.4 Å². The lowest BCUT2D eigenvalue weighted by molar-refractivity contribution is -0.117. The Morgan fingerprint density at radius 3 is 2.72 bits per heavy atom. The molecule has 6 heteroatoms. The highest BCUT2D eigenvalue weighted by molar-refractivity contribution is 9.11. The second-order valence-electron chi connectivity index (χ2n) is 4.20. The van der Waals surface area contributed by atoms with Crippen molar-refractivity contribution in [1.82, 2.24) is 0 Å². The highest BCUT2D eigenvalue weighted by Crippen LogP contribution is 2.38. The quantitative estimate of drug-likeness (QED) is 0.879. The van der Waals surface area contributed by atoms with Crippen LogP contribution in [0, 0.1) is 5.92 Å². The van der Waals surface area contributed by atoms with Gasteiger partial charge in [0.05, 0.1) is 17.3 Å². The van der Waals surface area contributed by atoms with E-state index >= 15 is 0 Å². The zero-order valence-electron chi connectivity index (χ0n) is 9.82. The predicted octanol–water partition coefficient (Wildman–Crippen LogP) is 2.57. The van der Waals surface area contributed by atoms with Crippen LogP contribution in [-0.2, 0) is 4.79 Å². The molecule has 0 aromatic heterocycles. The van der Waals surface area contributed by atoms with Crippen molar-refractivity contribution in [3.05, 3.63) is 21.1 Å². The Kier molecular flexibility index (Phi) is 4.29. The monoisotopic (exact) mass is 377 g/mol. The number of aliphatic hydroxyl groups is 1. The maximum absolute atomic E-state index is 11.9. The Hall–Kier alpha value is -0.590. The molecule has 0 saturated carbocycles. The van der Waals surface area contributed by atoms with Gasteiger partial charge in [-0.3, -0.25) is 4.79 Å². The largest absolute Gasteiger partial charge is 0.495 e. The van der Waals surface area contributed by atoms with Crippen molar-refractivity contribution in [2.75, 3.05) is 25.2 Å². The highest BCUT2D eigenvalue weighted by atomic mass is 79.9. The number of carbonyl (C=O) groups is 1. The molecule has 1 heterocycles. The van der Waals surface area contributed by atoms with Crippen LogP contribution >= 0.6 is 31.9 Å². The second-order valence-corrected chi connectivity index (χ2v) is 5.90. The highest BCUT2D eigenvalue weighted by Gasteiger charge is 2.31. The zero-order chi connectivity index (χ0) is 13.3. The van der Waals surface area contributed by atoms with Crippen LogP contribution in [-0.4, -0.2) is 31.3 Å². The minimum atomic E-state index is 0.0130. The molecule has 0 aliphatic carbocycles. The number of aliphatic hydroxyl groups excluding tert-OH is 1. The lowest BCUT2D eigenvalue weighted by atomic mass is 10.1. The molecule has 1 aromatic rings. The molecule has 0 spiro atoms. The maximum atomic E-state index is 11.9. The normalized spacial score (nSPS) is 19.4. The molecule has 0 bridgehead atoms. The number of amides is 1. The van der Waals surface area contributed by atoms with Gasteiger partial charge in [-0.25, -0.2) is 0 Å². The Morgan fingerprint density at radius 1 is 1.44 bits per heavy atom. The Bertz CT molecular complexity index is 479. The number of carbonyl (C=O) groups excluding carboxylic acids is 1. The lowest BCUT2D eigenvalue weighted by Crippen LogP contribution is -2.25. The van der Waals surface area contributed by atoms with Gasteiger partial charge in [-0.15, -0.1) is 0 Å². The van der Waals surface area contributed by atoms with Crippen molar-refractivity contribution >= 4 is 43.5 Å². The number of hydrogen-bond donors (Lipinski definition) is 1. The van der Waals surface area contributed by atoms with Gasteiger partial charge in [0, 0.05) is 36.0 Å². The molecular weight excluding hydrogens is 366 g/mol. The molecule has 0 radical (unpaired) electrons. The van der Waals surface area contributed by atoms with Gasteiger partial charge in [0.15, 0.2) is 0 Å². The van der Waals surface area contributed by atoms with Crippen molar-refractivity contribution in [1.29, 1.82) is 0 Å². The molecule has 1 atom stereocenters. The lowest BCUT2D eigenvalue weighted by Gasteiger charge is -2.19. The van der Waals surface area contributed by atoms with Gasteiger partial charge in [-0.05, 0) is 37.9 Å². The van der Waals surface area contributed by atoms with Crippen LogP contribution in [0.2, 0.25) is 0 Å². The van der Waals surface area contributed by atoms with E-state index in [9.17, 15) is 4.79 Å². The summed E-state index contributed by atoms with van der Waals surface area (Å²) in [6.07, 6.45) is 0.390. The van der Waals surface area contributed by atoms with Crippen molar-refractivity contribution in [2.45, 2.75) is 6.42 Å². The van der Waals surface area contributed by atoms with Crippen LogP contribution in [0.4, 0.5) is 5.69 Å². The van der Waals surface area contributed by atoms with E-state index in [1.54, 1.807) is 12.0 Å². The summed E-state index contributed by atoms with van der Waals surface area (Å²) in [6.45, 7) is 0.576. The molecule has 1 N–H and O–H groups in total. The molecule has 1 aliphatic rings. The second kappa shape index (κ2) is 5.59. The van der Waals surface area contributed by atoms with Gasteiger partial charge in [-0.1, -0.05) is 0 Å². The van der Waals surface area contributed by atoms with Gasteiger partial charge < -0.3 is 14.7 Å². The predicted molar refractivity (Wildman–Crippen MR) is 75.9 cm³/mol. The average molecular weight is 379 g/mol. The molecule has 98 valence electrons. The Morgan fingerprint density at radius 2 is 2.17 bits per heavy atom. The minimum Gasteiger partial charge on any atom is -0.495 e. The molecule has 1 aliphatic heterocycles. The van der Waals surface area contributed by atoms with Crippen LogP contribution in [0.15, 0.2) is 21.1 Å². The first-order chi connectivity index (χ1) is 8.56. The molecule has 1 unspecified atom stereocenters. The third-order valence-electron chi connectivity index (χ3n) is 2.98. The third kappa shape index (κ3) is 2.55. The van der Waals surface area contributed by atoms with Gasteiger partial charge in [0.2, 0.25) is 5.91 Å². The van der Waals surface area contributed by atoms with E-state index in [2.05, 4.69) is 31.9 Å². The first kappa shape index (κ1) is 13.8. The van der Waals surface area contributed by atoms with Crippen LogP contribution in [0.1, 0.15) is 6.42 Å². The summed E-state index contributed by atoms with van der Waals surface area (Å²) in [5.41, 5.74) is 0.774. The van der Waals surface area contributed by atoms with Gasteiger partial charge >= 0.3 is 0 Å². The van der Waals surface area contributed by atoms with E-state index in [4.69, 9.17) is 9.84 Å². The van der Waals surface area contributed by atoms with Crippen LogP contribution in [0.3, 0.4) is 0 Å². The first-order valence-corrected chi connectivity index (χ1v) is 7.09. The van der Waals surface area contributed by atoms with Crippen molar-refractivity contribution < 1.29 is 14.6 Å². The van der Waals surface area contributed by atoms with Crippen LogP contribution in [0.5, 0.6) is 5.75 Å². The fraction of sp³-hybridized carbons (Fsp3) is 0.417. The smallest absolute Gasteiger partial charge is 0.227 e.